The van der Waals surface area contributed by atoms with Crippen molar-refractivity contribution in [3.05, 3.63) is 77.4 Å². The van der Waals surface area contributed by atoms with E-state index in [1.807, 2.05) is 36.4 Å². The van der Waals surface area contributed by atoms with Crippen molar-refractivity contribution in [3.8, 4) is 28.4 Å². The van der Waals surface area contributed by atoms with Crippen molar-refractivity contribution in [2.45, 2.75) is 25.4 Å². The number of carbonyl (C=O) groups is 1. The van der Waals surface area contributed by atoms with Crippen LogP contribution in [0.2, 0.25) is 0 Å². The van der Waals surface area contributed by atoms with Crippen LogP contribution >= 0.6 is 0 Å². The van der Waals surface area contributed by atoms with Crippen LogP contribution in [0.3, 0.4) is 0 Å². The zero-order valence-corrected chi connectivity index (χ0v) is 16.6. The molecule has 0 saturated carbocycles. The summed E-state index contributed by atoms with van der Waals surface area (Å²) in [5.41, 5.74) is 5.50. The first-order chi connectivity index (χ1) is 14.6. The lowest BCUT2D eigenvalue weighted by molar-refractivity contribution is -0.137. The summed E-state index contributed by atoms with van der Waals surface area (Å²) >= 11 is 0. The normalized spacial score (nSPS) is 19.1. The fraction of sp³-hybridized carbons (Fsp3) is 0.240. The van der Waals surface area contributed by atoms with Crippen molar-refractivity contribution in [1.29, 1.82) is 0 Å². The van der Waals surface area contributed by atoms with Gasteiger partial charge in [-0.2, -0.15) is 0 Å². The van der Waals surface area contributed by atoms with Crippen molar-refractivity contribution >= 4 is 5.97 Å². The molecule has 0 saturated heterocycles. The van der Waals surface area contributed by atoms with Crippen LogP contribution in [-0.4, -0.2) is 24.3 Å². The molecule has 30 heavy (non-hydrogen) atoms. The summed E-state index contributed by atoms with van der Waals surface area (Å²) in [7, 11) is 0. The molecule has 2 aliphatic rings. The van der Waals surface area contributed by atoms with Gasteiger partial charge in [0.1, 0.15) is 12.4 Å². The molecule has 3 aromatic carbocycles. The Balaban J connectivity index is 1.41. The predicted molar refractivity (Wildman–Crippen MR) is 112 cm³/mol. The van der Waals surface area contributed by atoms with Crippen molar-refractivity contribution in [3.63, 3.8) is 0 Å². The van der Waals surface area contributed by atoms with Crippen LogP contribution in [0.5, 0.6) is 17.2 Å². The highest BCUT2D eigenvalue weighted by Gasteiger charge is 2.31. The monoisotopic (exact) mass is 402 g/mol. The zero-order valence-electron chi connectivity index (χ0n) is 16.6. The number of aliphatic carboxylic acids is 1. The average molecular weight is 402 g/mol. The highest BCUT2D eigenvalue weighted by atomic mass is 16.6. The summed E-state index contributed by atoms with van der Waals surface area (Å²) in [6, 6.07) is 20.3. The predicted octanol–water partition coefficient (Wildman–Crippen LogP) is 5.13. The van der Waals surface area contributed by atoms with E-state index in [0.29, 0.717) is 30.5 Å². The minimum atomic E-state index is -0.833. The summed E-state index contributed by atoms with van der Waals surface area (Å²) in [5, 5.41) is 9.11. The van der Waals surface area contributed by atoms with Gasteiger partial charge in [0, 0.05) is 17.5 Å². The lowest BCUT2D eigenvalue weighted by Gasteiger charge is -2.27. The van der Waals surface area contributed by atoms with Gasteiger partial charge in [0.15, 0.2) is 17.6 Å². The molecule has 0 radical (unpaired) electrons. The van der Waals surface area contributed by atoms with Crippen LogP contribution in [0.4, 0.5) is 0 Å². The Bertz CT molecular complexity index is 1120. The second kappa shape index (κ2) is 7.41. The van der Waals surface area contributed by atoms with Crippen LogP contribution in [0.25, 0.3) is 11.1 Å². The highest BCUT2D eigenvalue weighted by molar-refractivity contribution is 5.69. The van der Waals surface area contributed by atoms with E-state index < -0.39 is 5.97 Å². The summed E-state index contributed by atoms with van der Waals surface area (Å²) < 4.78 is 18.0. The molecule has 152 valence electrons. The van der Waals surface area contributed by atoms with Crippen LogP contribution < -0.4 is 14.2 Å². The van der Waals surface area contributed by atoms with E-state index in [0.717, 1.165) is 16.7 Å². The Kier molecular flexibility index (Phi) is 4.58. The molecular weight excluding hydrogens is 380 g/mol. The lowest BCUT2D eigenvalue weighted by Crippen LogP contribution is -2.21. The lowest BCUT2D eigenvalue weighted by atomic mass is 9.96. The van der Waals surface area contributed by atoms with E-state index in [2.05, 4.69) is 31.2 Å². The quantitative estimate of drug-likeness (QED) is 0.656. The fourth-order valence-electron chi connectivity index (χ4n) is 4.19. The molecule has 5 nitrogen and oxygen atoms in total. The molecule has 3 aromatic rings. The third-order valence-electron chi connectivity index (χ3n) is 5.75. The van der Waals surface area contributed by atoms with Crippen LogP contribution in [-0.2, 0) is 4.79 Å². The number of carboxylic acids is 1. The van der Waals surface area contributed by atoms with Crippen LogP contribution in [0.1, 0.15) is 35.1 Å². The Labute approximate surface area is 174 Å². The van der Waals surface area contributed by atoms with E-state index in [1.54, 1.807) is 0 Å². The van der Waals surface area contributed by atoms with Crippen molar-refractivity contribution in [1.82, 2.24) is 0 Å². The van der Waals surface area contributed by atoms with Crippen LogP contribution in [0, 0.1) is 6.92 Å². The second-order valence-electron chi connectivity index (χ2n) is 7.80. The molecule has 5 rings (SSSR count). The highest BCUT2D eigenvalue weighted by Crippen LogP contribution is 2.46. The van der Waals surface area contributed by atoms with Gasteiger partial charge in [0.2, 0.25) is 0 Å². The molecule has 1 N–H and O–H groups in total. The number of rotatable bonds is 4. The Hall–Kier alpha value is -3.47. The van der Waals surface area contributed by atoms with Crippen molar-refractivity contribution < 1.29 is 24.1 Å². The number of aryl methyl sites for hydroxylation is 1. The minimum Gasteiger partial charge on any atom is -0.492 e. The summed E-state index contributed by atoms with van der Waals surface area (Å²) in [6.45, 7) is 2.87. The van der Waals surface area contributed by atoms with Gasteiger partial charge in [-0.05, 0) is 41.3 Å². The SMILES string of the molecule is Cc1ccccc1-c1cccc([C@H]2COc3cc4c(cc3O2)OC[C@H]4CC(=O)O)c1. The zero-order chi connectivity index (χ0) is 20.7. The Morgan fingerprint density at radius 3 is 2.63 bits per heavy atom. The third kappa shape index (κ3) is 3.36. The minimum absolute atomic E-state index is 0.0426. The van der Waals surface area contributed by atoms with E-state index >= 15 is 0 Å². The van der Waals surface area contributed by atoms with Gasteiger partial charge in [-0.15, -0.1) is 0 Å². The summed E-state index contributed by atoms with van der Waals surface area (Å²) in [5.74, 6) is 0.955. The van der Waals surface area contributed by atoms with Gasteiger partial charge >= 0.3 is 5.97 Å². The first kappa shape index (κ1) is 18.6. The van der Waals surface area contributed by atoms with E-state index in [4.69, 9.17) is 19.3 Å². The fourth-order valence-corrected chi connectivity index (χ4v) is 4.19. The first-order valence-corrected chi connectivity index (χ1v) is 10.1. The molecular formula is C25H22O5. The summed E-state index contributed by atoms with van der Waals surface area (Å²) in [4.78, 5) is 11.1. The smallest absolute Gasteiger partial charge is 0.304 e. The third-order valence-corrected chi connectivity index (χ3v) is 5.75. The molecule has 2 aliphatic heterocycles. The van der Waals surface area contributed by atoms with Crippen LogP contribution in [0.15, 0.2) is 60.7 Å². The van der Waals surface area contributed by atoms with Gasteiger partial charge in [0.05, 0.1) is 13.0 Å². The molecule has 0 aliphatic carbocycles. The number of carboxylic acid groups (broad SMARTS) is 1. The van der Waals surface area contributed by atoms with Gasteiger partial charge in [-0.3, -0.25) is 4.79 Å². The number of hydrogen-bond acceptors (Lipinski definition) is 4. The molecule has 5 heteroatoms. The maximum Gasteiger partial charge on any atom is 0.304 e. The Morgan fingerprint density at radius 2 is 1.80 bits per heavy atom. The van der Waals surface area contributed by atoms with E-state index in [9.17, 15) is 4.79 Å². The van der Waals surface area contributed by atoms with Gasteiger partial charge in [-0.1, -0.05) is 42.5 Å². The average Bonchev–Trinajstić information content (AvgIpc) is 3.13. The van der Waals surface area contributed by atoms with Gasteiger partial charge in [0.25, 0.3) is 0 Å². The molecule has 0 spiro atoms. The largest absolute Gasteiger partial charge is 0.492 e. The maximum absolute atomic E-state index is 11.1. The first-order valence-electron chi connectivity index (χ1n) is 10.1. The molecule has 0 amide bonds. The Morgan fingerprint density at radius 1 is 0.967 bits per heavy atom. The molecule has 0 aromatic heterocycles. The molecule has 0 bridgehead atoms. The summed E-state index contributed by atoms with van der Waals surface area (Å²) in [6.07, 6.45) is -0.184. The number of hydrogen-bond donors (Lipinski definition) is 1. The van der Waals surface area contributed by atoms with E-state index in [-0.39, 0.29) is 18.4 Å². The number of ether oxygens (including phenoxy) is 3. The number of benzene rings is 3. The van der Waals surface area contributed by atoms with Gasteiger partial charge in [-0.25, -0.2) is 0 Å². The number of fused-ring (bicyclic) bond motifs is 2. The standard InChI is InChI=1S/C25H22O5/c1-15-5-2-3-8-19(15)16-6-4-7-17(9-16)24-14-29-22-11-20-18(10-25(26)27)13-28-21(20)12-23(22)30-24/h2-9,11-12,18,24H,10,13-14H2,1H3,(H,26,27)/t18-,24-/m1/s1. The maximum atomic E-state index is 11.1. The molecule has 0 fully saturated rings. The van der Waals surface area contributed by atoms with Crippen molar-refractivity contribution in [2.24, 2.45) is 0 Å². The van der Waals surface area contributed by atoms with E-state index in [1.165, 1.54) is 11.1 Å². The molecule has 0 unspecified atom stereocenters. The van der Waals surface area contributed by atoms with Crippen molar-refractivity contribution in [2.75, 3.05) is 13.2 Å². The topological polar surface area (TPSA) is 65.0 Å². The van der Waals surface area contributed by atoms with Gasteiger partial charge < -0.3 is 19.3 Å². The second-order valence-corrected chi connectivity index (χ2v) is 7.80. The molecule has 2 atom stereocenters. The molecule has 2 heterocycles.